The van der Waals surface area contributed by atoms with Gasteiger partial charge in [0.05, 0.1) is 5.60 Å². The van der Waals surface area contributed by atoms with E-state index in [9.17, 15) is 9.90 Å². The van der Waals surface area contributed by atoms with Crippen LogP contribution in [0.3, 0.4) is 0 Å². The summed E-state index contributed by atoms with van der Waals surface area (Å²) in [5, 5.41) is 9.65. The Bertz CT molecular complexity index is 278. The van der Waals surface area contributed by atoms with E-state index in [1.807, 2.05) is 20.8 Å². The number of hydrogen-bond donors (Lipinski definition) is 1. The van der Waals surface area contributed by atoms with Gasteiger partial charge in [-0.1, -0.05) is 20.8 Å². The second kappa shape index (κ2) is 5.36. The first-order chi connectivity index (χ1) is 7.94. The summed E-state index contributed by atoms with van der Waals surface area (Å²) < 4.78 is 5.77. The Balaban J connectivity index is 3.03. The number of hydrogen-bond acceptors (Lipinski definition) is 3. The van der Waals surface area contributed by atoms with E-state index in [0.717, 1.165) is 19.5 Å². The summed E-state index contributed by atoms with van der Waals surface area (Å²) in [5.41, 5.74) is -1.05. The van der Waals surface area contributed by atoms with Gasteiger partial charge < -0.3 is 9.84 Å². The molecule has 1 saturated heterocycles. The minimum atomic E-state index is -0.744. The van der Waals surface area contributed by atoms with Crippen LogP contribution < -0.4 is 0 Å². The Kier molecular flexibility index (Phi) is 4.55. The molecule has 1 fully saturated rings. The van der Waals surface area contributed by atoms with Crippen molar-refractivity contribution in [2.45, 2.75) is 58.1 Å². The molecule has 1 heterocycles. The molecule has 1 aliphatic rings. The van der Waals surface area contributed by atoms with Gasteiger partial charge in [-0.05, 0) is 32.9 Å². The molecule has 4 heteroatoms. The summed E-state index contributed by atoms with van der Waals surface area (Å²) in [5.74, 6) is -0.704. The second-order valence-electron chi connectivity index (χ2n) is 5.09. The van der Waals surface area contributed by atoms with Crippen LogP contribution in [-0.4, -0.2) is 46.8 Å². The number of aliphatic carboxylic acids is 1. The quantitative estimate of drug-likeness (QED) is 0.803. The number of carboxylic acids is 1. The average Bonchev–Trinajstić information content (AvgIpc) is 2.30. The van der Waals surface area contributed by atoms with Crippen LogP contribution in [0.15, 0.2) is 0 Å². The maximum atomic E-state index is 11.7. The van der Waals surface area contributed by atoms with E-state index in [0.29, 0.717) is 19.4 Å². The molecule has 0 saturated carbocycles. The zero-order valence-corrected chi connectivity index (χ0v) is 11.5. The van der Waals surface area contributed by atoms with Gasteiger partial charge in [0.15, 0.2) is 0 Å². The first-order valence-electron chi connectivity index (χ1n) is 6.56. The van der Waals surface area contributed by atoms with Crippen molar-refractivity contribution in [3.63, 3.8) is 0 Å². The van der Waals surface area contributed by atoms with Crippen molar-refractivity contribution in [1.82, 2.24) is 4.90 Å². The lowest BCUT2D eigenvalue weighted by Crippen LogP contribution is -2.61. The third kappa shape index (κ3) is 2.63. The normalized spacial score (nSPS) is 33.9. The number of carboxylic acid groups (broad SMARTS) is 1. The van der Waals surface area contributed by atoms with Crippen LogP contribution in [0.2, 0.25) is 0 Å². The maximum Gasteiger partial charge on any atom is 0.324 e. The highest BCUT2D eigenvalue weighted by Gasteiger charge is 2.50. The van der Waals surface area contributed by atoms with E-state index in [1.54, 1.807) is 0 Å². The van der Waals surface area contributed by atoms with Crippen molar-refractivity contribution in [3.05, 3.63) is 0 Å². The lowest BCUT2D eigenvalue weighted by molar-refractivity contribution is -0.174. The second-order valence-corrected chi connectivity index (χ2v) is 5.09. The molecule has 2 atom stereocenters. The number of likely N-dealkylation sites (N-methyl/N-ethyl adjacent to an activating group) is 1. The fourth-order valence-corrected chi connectivity index (χ4v) is 2.87. The number of nitrogens with zero attached hydrogens (tertiary/aromatic N) is 1. The molecule has 17 heavy (non-hydrogen) atoms. The number of carbonyl (C=O) groups is 1. The van der Waals surface area contributed by atoms with E-state index in [-0.39, 0.29) is 5.60 Å². The molecule has 0 aromatic rings. The Morgan fingerprint density at radius 2 is 1.94 bits per heavy atom. The van der Waals surface area contributed by atoms with Crippen LogP contribution >= 0.6 is 0 Å². The van der Waals surface area contributed by atoms with Crippen LogP contribution in [0.5, 0.6) is 0 Å². The molecule has 0 amide bonds. The maximum absolute atomic E-state index is 11.7. The Hall–Kier alpha value is -0.610. The molecular weight excluding hydrogens is 218 g/mol. The van der Waals surface area contributed by atoms with Crippen LogP contribution in [0, 0.1) is 0 Å². The number of rotatable bonds is 5. The first-order valence-corrected chi connectivity index (χ1v) is 6.56. The molecule has 0 aromatic carbocycles. The van der Waals surface area contributed by atoms with Gasteiger partial charge in [-0.3, -0.25) is 9.69 Å². The Morgan fingerprint density at radius 1 is 1.35 bits per heavy atom. The predicted molar refractivity (Wildman–Crippen MR) is 67.2 cm³/mol. The molecule has 0 bridgehead atoms. The summed E-state index contributed by atoms with van der Waals surface area (Å²) in [6.45, 7) is 10.2. The van der Waals surface area contributed by atoms with E-state index in [1.165, 1.54) is 0 Å². The molecule has 100 valence electrons. The van der Waals surface area contributed by atoms with E-state index in [4.69, 9.17) is 4.74 Å². The largest absolute Gasteiger partial charge is 0.480 e. The predicted octanol–water partition coefficient (Wildman–Crippen LogP) is 2.13. The lowest BCUT2D eigenvalue weighted by atomic mass is 9.78. The molecule has 0 aliphatic carbocycles. The molecular formula is C13H25NO3. The zero-order valence-electron chi connectivity index (χ0n) is 11.5. The van der Waals surface area contributed by atoms with Crippen molar-refractivity contribution in [3.8, 4) is 0 Å². The zero-order chi connectivity index (χ0) is 13.1. The fourth-order valence-electron chi connectivity index (χ4n) is 2.87. The SMILES string of the molecule is CCN(CC)C1(C(=O)O)CCOC(C)(CC)C1. The fraction of sp³-hybridized carbons (Fsp3) is 0.923. The van der Waals surface area contributed by atoms with E-state index < -0.39 is 11.5 Å². The van der Waals surface area contributed by atoms with Gasteiger partial charge in [-0.25, -0.2) is 0 Å². The first kappa shape index (κ1) is 14.5. The van der Waals surface area contributed by atoms with Crippen molar-refractivity contribution in [2.75, 3.05) is 19.7 Å². The van der Waals surface area contributed by atoms with Crippen LogP contribution in [-0.2, 0) is 9.53 Å². The molecule has 4 nitrogen and oxygen atoms in total. The molecule has 0 radical (unpaired) electrons. The summed E-state index contributed by atoms with van der Waals surface area (Å²) in [6, 6.07) is 0. The van der Waals surface area contributed by atoms with E-state index in [2.05, 4.69) is 11.8 Å². The molecule has 1 rings (SSSR count). The van der Waals surface area contributed by atoms with Gasteiger partial charge in [-0.15, -0.1) is 0 Å². The standard InChI is InChI=1S/C13H25NO3/c1-5-12(4)10-13(11(15)16,8-9-17-12)14(6-2)7-3/h5-10H2,1-4H3,(H,15,16). The minimum Gasteiger partial charge on any atom is -0.480 e. The Labute approximate surface area is 104 Å². The summed E-state index contributed by atoms with van der Waals surface area (Å²) in [6.07, 6.45) is 2.01. The molecule has 0 spiro atoms. The van der Waals surface area contributed by atoms with Gasteiger partial charge in [-0.2, -0.15) is 0 Å². The smallest absolute Gasteiger partial charge is 0.324 e. The molecule has 0 aromatic heterocycles. The summed E-state index contributed by atoms with van der Waals surface area (Å²) in [4.78, 5) is 13.8. The van der Waals surface area contributed by atoms with E-state index >= 15 is 0 Å². The van der Waals surface area contributed by atoms with Crippen molar-refractivity contribution < 1.29 is 14.6 Å². The van der Waals surface area contributed by atoms with Gasteiger partial charge in [0, 0.05) is 13.0 Å². The Morgan fingerprint density at radius 3 is 2.35 bits per heavy atom. The topological polar surface area (TPSA) is 49.8 Å². The van der Waals surface area contributed by atoms with Crippen molar-refractivity contribution >= 4 is 5.97 Å². The van der Waals surface area contributed by atoms with Crippen LogP contribution in [0.4, 0.5) is 0 Å². The van der Waals surface area contributed by atoms with Gasteiger partial charge >= 0.3 is 5.97 Å². The molecule has 2 unspecified atom stereocenters. The highest BCUT2D eigenvalue weighted by Crippen LogP contribution is 2.38. The lowest BCUT2D eigenvalue weighted by Gasteiger charge is -2.48. The minimum absolute atomic E-state index is 0.306. The molecule has 1 N–H and O–H groups in total. The monoisotopic (exact) mass is 243 g/mol. The number of ether oxygens (including phenoxy) is 1. The van der Waals surface area contributed by atoms with Crippen LogP contribution in [0.1, 0.15) is 47.0 Å². The highest BCUT2D eigenvalue weighted by atomic mass is 16.5. The van der Waals surface area contributed by atoms with Crippen molar-refractivity contribution in [1.29, 1.82) is 0 Å². The van der Waals surface area contributed by atoms with Gasteiger partial charge in [0.2, 0.25) is 0 Å². The summed E-state index contributed by atoms with van der Waals surface area (Å²) >= 11 is 0. The van der Waals surface area contributed by atoms with Crippen LogP contribution in [0.25, 0.3) is 0 Å². The highest BCUT2D eigenvalue weighted by molar-refractivity contribution is 5.79. The third-order valence-electron chi connectivity index (χ3n) is 4.15. The van der Waals surface area contributed by atoms with Crippen molar-refractivity contribution in [2.24, 2.45) is 0 Å². The third-order valence-corrected chi connectivity index (χ3v) is 4.15. The van der Waals surface area contributed by atoms with Gasteiger partial charge in [0.25, 0.3) is 0 Å². The summed E-state index contributed by atoms with van der Waals surface area (Å²) in [7, 11) is 0. The molecule has 1 aliphatic heterocycles. The average molecular weight is 243 g/mol. The van der Waals surface area contributed by atoms with Gasteiger partial charge in [0.1, 0.15) is 5.54 Å².